The number of carbonyl (C=O) groups is 1. The van der Waals surface area contributed by atoms with Gasteiger partial charge in [0, 0.05) is 6.42 Å². The van der Waals surface area contributed by atoms with E-state index in [-0.39, 0.29) is 18.9 Å². The molecule has 0 aliphatic carbocycles. The number of ether oxygens (including phenoxy) is 6. The van der Waals surface area contributed by atoms with Crippen LogP contribution in [-0.2, 0) is 33.2 Å². The minimum absolute atomic E-state index is 0.239. The second-order valence-electron chi connectivity index (χ2n) is 28.2. The van der Waals surface area contributed by atoms with Crippen LogP contribution in [0.1, 0.15) is 309 Å². The Morgan fingerprint density at radius 2 is 0.691 bits per heavy atom. The van der Waals surface area contributed by atoms with Gasteiger partial charge in [-0.25, -0.2) is 0 Å². The molecular weight excluding hydrogens is 1240 g/mol. The molecule has 3 heterocycles. The van der Waals surface area contributed by atoms with Gasteiger partial charge in [0.05, 0.1) is 38.6 Å². The van der Waals surface area contributed by atoms with Crippen molar-refractivity contribution in [3.05, 3.63) is 48.6 Å². The lowest BCUT2D eigenvalue weighted by Gasteiger charge is -2.48. The number of aliphatic hydroxyl groups excluding tert-OH is 11. The first-order valence-electron chi connectivity index (χ1n) is 39.4. The van der Waals surface area contributed by atoms with Crippen LogP contribution in [0.15, 0.2) is 48.6 Å². The van der Waals surface area contributed by atoms with Crippen molar-refractivity contribution in [2.45, 2.75) is 413 Å². The lowest BCUT2D eigenvalue weighted by molar-refractivity contribution is -0.379. The number of nitrogens with one attached hydrogen (secondary N) is 1. The molecule has 17 unspecified atom stereocenters. The zero-order valence-corrected chi connectivity index (χ0v) is 60.6. The summed E-state index contributed by atoms with van der Waals surface area (Å²) in [7, 11) is 0. The smallest absolute Gasteiger partial charge is 0.220 e. The fourth-order valence-electron chi connectivity index (χ4n) is 13.2. The van der Waals surface area contributed by atoms with Gasteiger partial charge in [0.25, 0.3) is 0 Å². The predicted octanol–water partition coefficient (Wildman–Crippen LogP) is 12.5. The third kappa shape index (κ3) is 39.8. The van der Waals surface area contributed by atoms with Crippen molar-refractivity contribution in [2.24, 2.45) is 0 Å². The summed E-state index contributed by atoms with van der Waals surface area (Å²) < 4.78 is 34.3. The van der Waals surface area contributed by atoms with Gasteiger partial charge in [0.15, 0.2) is 18.9 Å². The molecular formula is C78H143NO18. The van der Waals surface area contributed by atoms with Gasteiger partial charge >= 0.3 is 0 Å². The summed E-state index contributed by atoms with van der Waals surface area (Å²) in [6.45, 7) is 1.69. The Morgan fingerprint density at radius 3 is 1.09 bits per heavy atom. The fraction of sp³-hybridized carbons (Fsp3) is 0.885. The SMILES string of the molecule is CCCCCCC/C=C\C/C=C\CCCCCCCCCCCCCCCCCCCCCCCCCCCCCCCC(=O)NC(COC1OC(CO)C(OC2OC(CO)C(OC3OC(CO)C(O)C(O)C3O)C(O)C2O)C(O)C1O)C(O)/C=C/CC/C=C/CCCCCCC. The summed E-state index contributed by atoms with van der Waals surface area (Å²) >= 11 is 0. The number of amides is 1. The molecule has 1 amide bonds. The van der Waals surface area contributed by atoms with E-state index in [1.807, 2.05) is 6.08 Å². The number of allylic oxidation sites excluding steroid dienone is 7. The fourth-order valence-corrected chi connectivity index (χ4v) is 13.2. The Kier molecular flexibility index (Phi) is 54.3. The molecule has 0 aromatic carbocycles. The normalized spacial score (nSPS) is 27.1. The molecule has 0 bridgehead atoms. The maximum absolute atomic E-state index is 13.4. The van der Waals surface area contributed by atoms with Crippen molar-refractivity contribution >= 4 is 5.91 Å². The molecule has 0 saturated carbocycles. The lowest BCUT2D eigenvalue weighted by Crippen LogP contribution is -2.66. The van der Waals surface area contributed by atoms with Crippen LogP contribution in [0.4, 0.5) is 0 Å². The molecule has 17 atom stereocenters. The van der Waals surface area contributed by atoms with Gasteiger partial charge in [-0.2, -0.15) is 0 Å². The second kappa shape index (κ2) is 59.2. The average Bonchev–Trinajstić information content (AvgIpc) is 0.790. The molecule has 12 N–H and O–H groups in total. The van der Waals surface area contributed by atoms with E-state index in [9.17, 15) is 61.0 Å². The largest absolute Gasteiger partial charge is 0.394 e. The number of rotatable bonds is 62. The van der Waals surface area contributed by atoms with E-state index in [1.54, 1.807) is 6.08 Å². The summed E-state index contributed by atoms with van der Waals surface area (Å²) in [6.07, 6.45) is 47.4. The van der Waals surface area contributed by atoms with Crippen molar-refractivity contribution in [2.75, 3.05) is 26.4 Å². The van der Waals surface area contributed by atoms with Crippen LogP contribution in [0.5, 0.6) is 0 Å². The molecule has 0 aromatic heterocycles. The summed E-state index contributed by atoms with van der Waals surface area (Å²) in [5, 5.41) is 120. The Bertz CT molecular complexity index is 1940. The highest BCUT2D eigenvalue weighted by Gasteiger charge is 2.53. The molecule has 0 radical (unpaired) electrons. The number of carbonyl (C=O) groups excluding carboxylic acids is 1. The minimum Gasteiger partial charge on any atom is -0.394 e. The highest BCUT2D eigenvalue weighted by atomic mass is 16.8. The molecule has 3 aliphatic heterocycles. The topological polar surface area (TPSA) is 307 Å². The van der Waals surface area contributed by atoms with Gasteiger partial charge in [0.2, 0.25) is 5.91 Å². The maximum Gasteiger partial charge on any atom is 0.220 e. The average molecular weight is 1380 g/mol. The van der Waals surface area contributed by atoms with Crippen LogP contribution >= 0.6 is 0 Å². The van der Waals surface area contributed by atoms with E-state index in [0.29, 0.717) is 12.8 Å². The molecule has 19 heteroatoms. The third-order valence-corrected chi connectivity index (χ3v) is 19.6. The molecule has 568 valence electrons. The highest BCUT2D eigenvalue weighted by Crippen LogP contribution is 2.33. The van der Waals surface area contributed by atoms with Crippen molar-refractivity contribution in [3.63, 3.8) is 0 Å². The van der Waals surface area contributed by atoms with Crippen molar-refractivity contribution in [3.8, 4) is 0 Å². The standard InChI is InChI=1S/C78H143NO18/c1-3-5-7-9-11-13-15-16-17-18-19-20-21-22-23-24-25-26-27-28-29-30-31-32-33-34-35-36-37-38-39-40-41-42-43-44-46-48-50-52-54-56-66(84)79-61(62(83)55-53-51-49-47-45-14-12-10-8-6-4-2)60-92-76-72(90)69(87)74(64(58-81)94-76)97-78-73(91)70(88)75(65(59-82)95-78)96-77-71(89)68(86)67(85)63(57-80)93-77/h15-16,18-19,45,47,53,55,61-65,67-78,80-83,85-91H,3-14,17,20-44,46,48-52,54,56-60H2,1-2H3,(H,79,84)/b16-15-,19-18-,47-45+,55-53+. The summed E-state index contributed by atoms with van der Waals surface area (Å²) in [5.41, 5.74) is 0. The number of unbranched alkanes of at least 4 members (excludes halogenated alkanes) is 40. The highest BCUT2D eigenvalue weighted by molar-refractivity contribution is 5.76. The first-order chi connectivity index (χ1) is 47.3. The van der Waals surface area contributed by atoms with Gasteiger partial charge in [0.1, 0.15) is 73.2 Å². The number of hydrogen-bond donors (Lipinski definition) is 12. The zero-order valence-electron chi connectivity index (χ0n) is 60.6. The molecule has 3 aliphatic rings. The van der Waals surface area contributed by atoms with E-state index in [2.05, 4.69) is 55.6 Å². The molecule has 97 heavy (non-hydrogen) atoms. The Hall–Kier alpha value is -2.25. The van der Waals surface area contributed by atoms with Gasteiger partial charge < -0.3 is 89.9 Å². The van der Waals surface area contributed by atoms with Crippen LogP contribution in [0.2, 0.25) is 0 Å². The quantitative estimate of drug-likeness (QED) is 0.0199. The molecule has 3 fully saturated rings. The molecule has 3 rings (SSSR count). The predicted molar refractivity (Wildman–Crippen MR) is 383 cm³/mol. The third-order valence-electron chi connectivity index (χ3n) is 19.6. The molecule has 3 saturated heterocycles. The van der Waals surface area contributed by atoms with Crippen LogP contribution in [0.3, 0.4) is 0 Å². The second-order valence-corrected chi connectivity index (χ2v) is 28.2. The van der Waals surface area contributed by atoms with Gasteiger partial charge in [-0.15, -0.1) is 0 Å². The summed E-state index contributed by atoms with van der Waals surface area (Å²) in [6, 6.07) is -0.987. The first-order valence-corrected chi connectivity index (χ1v) is 39.4. The Morgan fingerprint density at radius 1 is 0.371 bits per heavy atom. The van der Waals surface area contributed by atoms with E-state index < -0.39 is 124 Å². The molecule has 0 aromatic rings. The first kappa shape index (κ1) is 89.0. The van der Waals surface area contributed by atoms with E-state index in [4.69, 9.17) is 28.4 Å². The molecule has 0 spiro atoms. The van der Waals surface area contributed by atoms with Crippen LogP contribution < -0.4 is 5.32 Å². The number of aliphatic hydroxyl groups is 11. The minimum atomic E-state index is -1.98. The van der Waals surface area contributed by atoms with E-state index in [0.717, 1.165) is 44.9 Å². The van der Waals surface area contributed by atoms with Crippen LogP contribution in [-0.4, -0.2) is 193 Å². The summed E-state index contributed by atoms with van der Waals surface area (Å²) in [4.78, 5) is 13.4. The zero-order chi connectivity index (χ0) is 70.4. The monoisotopic (exact) mass is 1380 g/mol. The van der Waals surface area contributed by atoms with Gasteiger partial charge in [-0.3, -0.25) is 4.79 Å². The lowest BCUT2D eigenvalue weighted by atomic mass is 9.96. The van der Waals surface area contributed by atoms with Gasteiger partial charge in [-0.05, 0) is 64.2 Å². The van der Waals surface area contributed by atoms with Crippen LogP contribution in [0, 0.1) is 0 Å². The maximum atomic E-state index is 13.4. The van der Waals surface area contributed by atoms with Crippen molar-refractivity contribution < 1.29 is 89.4 Å². The molecule has 19 nitrogen and oxygen atoms in total. The Labute approximate surface area is 586 Å². The van der Waals surface area contributed by atoms with E-state index >= 15 is 0 Å². The van der Waals surface area contributed by atoms with Crippen molar-refractivity contribution in [1.29, 1.82) is 0 Å². The van der Waals surface area contributed by atoms with Gasteiger partial charge in [-0.1, -0.05) is 287 Å². The van der Waals surface area contributed by atoms with Crippen molar-refractivity contribution in [1.82, 2.24) is 5.32 Å². The number of hydrogen-bond acceptors (Lipinski definition) is 18. The Balaban J connectivity index is 1.25. The van der Waals surface area contributed by atoms with Crippen LogP contribution in [0.25, 0.3) is 0 Å². The summed E-state index contributed by atoms with van der Waals surface area (Å²) in [5.74, 6) is -0.282. The van der Waals surface area contributed by atoms with E-state index in [1.165, 1.54) is 231 Å².